The molecule has 0 N–H and O–H groups in total. The van der Waals surface area contributed by atoms with Gasteiger partial charge in [-0.15, -0.1) is 11.3 Å². The summed E-state index contributed by atoms with van der Waals surface area (Å²) in [5.41, 5.74) is 4.23. The van der Waals surface area contributed by atoms with Crippen LogP contribution < -0.4 is 0 Å². The summed E-state index contributed by atoms with van der Waals surface area (Å²) in [4.78, 5) is 14.3. The Labute approximate surface area is 103 Å². The van der Waals surface area contributed by atoms with Crippen molar-refractivity contribution in [2.75, 3.05) is 0 Å². The number of nitro benzene ring substituents is 1. The summed E-state index contributed by atoms with van der Waals surface area (Å²) in [5, 5.41) is 12.5. The van der Waals surface area contributed by atoms with Crippen molar-refractivity contribution < 1.29 is 4.92 Å². The van der Waals surface area contributed by atoms with E-state index in [4.69, 9.17) is 0 Å². The first kappa shape index (κ1) is 11.7. The highest BCUT2D eigenvalue weighted by Crippen LogP contribution is 2.14. The second kappa shape index (κ2) is 5.54. The molecule has 88 valence electrons. The van der Waals surface area contributed by atoms with Gasteiger partial charge in [-0.3, -0.25) is 10.1 Å². The third-order valence-electron chi connectivity index (χ3n) is 2.53. The molecule has 0 amide bonds. The maximum atomic E-state index is 10.5. The molecule has 0 aliphatic carbocycles. The highest BCUT2D eigenvalue weighted by molar-refractivity contribution is 7.07. The van der Waals surface area contributed by atoms with Crippen molar-refractivity contribution in [2.24, 2.45) is 0 Å². The molecular formula is C12H12N2O2S. The fourth-order valence-electron chi connectivity index (χ4n) is 1.62. The molecule has 0 fully saturated rings. The summed E-state index contributed by atoms with van der Waals surface area (Å²) in [5.74, 6) is 0. The van der Waals surface area contributed by atoms with Gasteiger partial charge in [-0.25, -0.2) is 4.98 Å². The second-order valence-electron chi connectivity index (χ2n) is 3.76. The van der Waals surface area contributed by atoms with Crippen LogP contribution in [0, 0.1) is 10.1 Å². The van der Waals surface area contributed by atoms with E-state index in [1.165, 1.54) is 0 Å². The summed E-state index contributed by atoms with van der Waals surface area (Å²) in [7, 11) is 0. The molecule has 0 saturated carbocycles. The van der Waals surface area contributed by atoms with Crippen LogP contribution in [0.4, 0.5) is 5.69 Å². The van der Waals surface area contributed by atoms with Crippen LogP contribution in [0.25, 0.3) is 0 Å². The molecule has 0 unspecified atom stereocenters. The van der Waals surface area contributed by atoms with E-state index in [9.17, 15) is 10.1 Å². The van der Waals surface area contributed by atoms with Gasteiger partial charge in [0, 0.05) is 17.5 Å². The first-order chi connectivity index (χ1) is 8.25. The first-order valence-electron chi connectivity index (χ1n) is 5.36. The molecule has 1 heterocycles. The number of hydrogen-bond acceptors (Lipinski definition) is 4. The number of aromatic nitrogens is 1. The Balaban J connectivity index is 1.85. The number of hydrogen-bond donors (Lipinski definition) is 0. The predicted octanol–water partition coefficient (Wildman–Crippen LogP) is 3.23. The van der Waals surface area contributed by atoms with Gasteiger partial charge >= 0.3 is 0 Å². The lowest BCUT2D eigenvalue weighted by atomic mass is 10.1. The van der Waals surface area contributed by atoms with Crippen molar-refractivity contribution in [2.45, 2.75) is 19.3 Å². The Morgan fingerprint density at radius 1 is 1.24 bits per heavy atom. The molecule has 17 heavy (non-hydrogen) atoms. The molecule has 0 saturated heterocycles. The van der Waals surface area contributed by atoms with E-state index < -0.39 is 0 Å². The topological polar surface area (TPSA) is 56.0 Å². The molecule has 1 aromatic carbocycles. The summed E-state index contributed by atoms with van der Waals surface area (Å²) in [6, 6.07) is 6.74. The number of aryl methyl sites for hydroxylation is 2. The number of rotatable bonds is 5. The average Bonchev–Trinajstić information content (AvgIpc) is 2.83. The molecule has 0 aliphatic heterocycles. The molecule has 0 spiro atoms. The third kappa shape index (κ3) is 3.35. The Kier molecular flexibility index (Phi) is 3.82. The zero-order chi connectivity index (χ0) is 12.1. The van der Waals surface area contributed by atoms with Crippen LogP contribution in [0.3, 0.4) is 0 Å². The van der Waals surface area contributed by atoms with Gasteiger partial charge in [0.1, 0.15) is 0 Å². The minimum atomic E-state index is -0.376. The summed E-state index contributed by atoms with van der Waals surface area (Å²) in [6.45, 7) is 0. The van der Waals surface area contributed by atoms with Crippen molar-refractivity contribution in [1.82, 2.24) is 4.98 Å². The summed E-state index contributed by atoms with van der Waals surface area (Å²) in [6.07, 6.45) is 2.90. The largest absolute Gasteiger partial charge is 0.269 e. The van der Waals surface area contributed by atoms with Gasteiger partial charge in [0.2, 0.25) is 0 Å². The minimum Gasteiger partial charge on any atom is -0.258 e. The lowest BCUT2D eigenvalue weighted by Gasteiger charge is -2.00. The number of nitrogens with zero attached hydrogens (tertiary/aromatic N) is 2. The molecule has 0 aliphatic rings. The molecule has 0 bridgehead atoms. The summed E-state index contributed by atoms with van der Waals surface area (Å²) >= 11 is 1.60. The predicted molar refractivity (Wildman–Crippen MR) is 67.2 cm³/mol. The van der Waals surface area contributed by atoms with Gasteiger partial charge < -0.3 is 0 Å². The van der Waals surface area contributed by atoms with Gasteiger partial charge in [-0.05, 0) is 24.8 Å². The highest BCUT2D eigenvalue weighted by Gasteiger charge is 2.03. The van der Waals surface area contributed by atoms with Gasteiger partial charge in [0.25, 0.3) is 5.69 Å². The Bertz CT molecular complexity index is 480. The van der Waals surface area contributed by atoms with Crippen molar-refractivity contribution >= 4 is 17.0 Å². The van der Waals surface area contributed by atoms with Crippen LogP contribution in [0.1, 0.15) is 17.7 Å². The average molecular weight is 248 g/mol. The summed E-state index contributed by atoms with van der Waals surface area (Å²) < 4.78 is 0. The van der Waals surface area contributed by atoms with E-state index in [-0.39, 0.29) is 10.6 Å². The van der Waals surface area contributed by atoms with E-state index in [1.807, 2.05) is 17.6 Å². The van der Waals surface area contributed by atoms with Gasteiger partial charge in [0.15, 0.2) is 0 Å². The molecule has 2 rings (SSSR count). The van der Waals surface area contributed by atoms with E-state index >= 15 is 0 Å². The van der Waals surface area contributed by atoms with Crippen LogP contribution in [0.5, 0.6) is 0 Å². The number of benzene rings is 1. The van der Waals surface area contributed by atoms with Crippen molar-refractivity contribution in [3.63, 3.8) is 0 Å². The minimum absolute atomic E-state index is 0.147. The van der Waals surface area contributed by atoms with E-state index in [2.05, 4.69) is 10.4 Å². The quantitative estimate of drug-likeness (QED) is 0.603. The molecule has 4 nitrogen and oxygen atoms in total. The second-order valence-corrected chi connectivity index (χ2v) is 4.48. The maximum absolute atomic E-state index is 10.5. The van der Waals surface area contributed by atoms with E-state index in [0.29, 0.717) is 0 Å². The van der Waals surface area contributed by atoms with Crippen LogP contribution in [0.15, 0.2) is 35.2 Å². The first-order valence-corrected chi connectivity index (χ1v) is 6.30. The van der Waals surface area contributed by atoms with Crippen molar-refractivity contribution in [3.05, 3.63) is 56.5 Å². The zero-order valence-corrected chi connectivity index (χ0v) is 10.0. The monoisotopic (exact) mass is 248 g/mol. The van der Waals surface area contributed by atoms with Crippen molar-refractivity contribution in [1.29, 1.82) is 0 Å². The number of nitro groups is 1. The Hall–Kier alpha value is -1.75. The van der Waals surface area contributed by atoms with Gasteiger partial charge in [0.05, 0.1) is 16.1 Å². The standard InChI is InChI=1S/C12H12N2O2S/c15-14(16)12-6-4-10(5-7-12)2-1-3-11-8-17-9-13-11/h4-9H,1-3H2. The van der Waals surface area contributed by atoms with Gasteiger partial charge in [-0.1, -0.05) is 12.1 Å². The Morgan fingerprint density at radius 2 is 2.00 bits per heavy atom. The third-order valence-corrected chi connectivity index (χ3v) is 3.16. The maximum Gasteiger partial charge on any atom is 0.269 e. The number of non-ortho nitro benzene ring substituents is 1. The molecule has 1 aromatic heterocycles. The molecule has 0 radical (unpaired) electrons. The molecule has 2 aromatic rings. The van der Waals surface area contributed by atoms with Gasteiger partial charge in [-0.2, -0.15) is 0 Å². The van der Waals surface area contributed by atoms with E-state index in [0.717, 1.165) is 30.5 Å². The lowest BCUT2D eigenvalue weighted by Crippen LogP contribution is -1.92. The lowest BCUT2D eigenvalue weighted by molar-refractivity contribution is -0.384. The fraction of sp³-hybridized carbons (Fsp3) is 0.250. The van der Waals surface area contributed by atoms with Crippen LogP contribution >= 0.6 is 11.3 Å². The molecular weight excluding hydrogens is 236 g/mol. The molecule has 5 heteroatoms. The Morgan fingerprint density at radius 3 is 2.59 bits per heavy atom. The fourth-order valence-corrected chi connectivity index (χ4v) is 2.21. The number of thiazole rings is 1. The van der Waals surface area contributed by atoms with Crippen LogP contribution in [0.2, 0.25) is 0 Å². The highest BCUT2D eigenvalue weighted by atomic mass is 32.1. The zero-order valence-electron chi connectivity index (χ0n) is 9.20. The van der Waals surface area contributed by atoms with Crippen LogP contribution in [-0.2, 0) is 12.8 Å². The van der Waals surface area contributed by atoms with Crippen LogP contribution in [-0.4, -0.2) is 9.91 Å². The molecule has 0 atom stereocenters. The SMILES string of the molecule is O=[N+]([O-])c1ccc(CCCc2cscn2)cc1. The van der Waals surface area contributed by atoms with E-state index in [1.54, 1.807) is 23.5 Å². The normalized spacial score (nSPS) is 10.4. The smallest absolute Gasteiger partial charge is 0.258 e. The van der Waals surface area contributed by atoms with Crippen molar-refractivity contribution in [3.8, 4) is 0 Å².